The maximum absolute atomic E-state index is 5.55. The van der Waals surface area contributed by atoms with Crippen molar-refractivity contribution in [1.82, 2.24) is 0 Å². The van der Waals surface area contributed by atoms with Gasteiger partial charge in [-0.2, -0.15) is 0 Å². The Morgan fingerprint density at radius 1 is 1.17 bits per heavy atom. The first-order valence-corrected chi connectivity index (χ1v) is 4.13. The van der Waals surface area contributed by atoms with E-state index in [1.165, 1.54) is 5.56 Å². The SMILES string of the molecule is CCC#CCc1ccc(N)cc1. The van der Waals surface area contributed by atoms with Crippen LogP contribution < -0.4 is 5.73 Å². The second-order valence-electron chi connectivity index (χ2n) is 2.63. The molecule has 1 nitrogen and oxygen atoms in total. The van der Waals surface area contributed by atoms with Crippen molar-refractivity contribution in [1.29, 1.82) is 0 Å². The highest BCUT2D eigenvalue weighted by molar-refractivity contribution is 5.40. The van der Waals surface area contributed by atoms with Gasteiger partial charge in [-0.3, -0.25) is 0 Å². The highest BCUT2D eigenvalue weighted by Gasteiger charge is 1.87. The Balaban J connectivity index is 2.59. The molecular weight excluding hydrogens is 146 g/mol. The second kappa shape index (κ2) is 4.46. The Morgan fingerprint density at radius 3 is 2.42 bits per heavy atom. The quantitative estimate of drug-likeness (QED) is 0.493. The molecule has 0 atom stereocenters. The maximum atomic E-state index is 5.55. The zero-order valence-corrected chi connectivity index (χ0v) is 7.30. The average Bonchev–Trinajstić information content (AvgIpc) is 2.09. The van der Waals surface area contributed by atoms with Crippen LogP contribution in [-0.4, -0.2) is 0 Å². The second-order valence-corrected chi connectivity index (χ2v) is 2.63. The first-order valence-electron chi connectivity index (χ1n) is 4.13. The zero-order chi connectivity index (χ0) is 8.81. The van der Waals surface area contributed by atoms with Crippen LogP contribution in [0.4, 0.5) is 5.69 Å². The van der Waals surface area contributed by atoms with Crippen molar-refractivity contribution in [2.45, 2.75) is 19.8 Å². The van der Waals surface area contributed by atoms with Gasteiger partial charge in [-0.15, -0.1) is 5.92 Å². The molecule has 12 heavy (non-hydrogen) atoms. The number of anilines is 1. The molecule has 1 aromatic rings. The predicted molar refractivity (Wildman–Crippen MR) is 52.6 cm³/mol. The Bertz CT molecular complexity index is 287. The van der Waals surface area contributed by atoms with E-state index in [9.17, 15) is 0 Å². The molecule has 0 saturated carbocycles. The van der Waals surface area contributed by atoms with E-state index >= 15 is 0 Å². The molecule has 1 heteroatoms. The molecular formula is C11H13N. The summed E-state index contributed by atoms with van der Waals surface area (Å²) in [5, 5.41) is 0. The molecule has 0 spiro atoms. The minimum atomic E-state index is 0.808. The molecule has 2 N–H and O–H groups in total. The Kier molecular flexibility index (Phi) is 3.22. The Labute approximate surface area is 73.6 Å². The molecule has 0 unspecified atom stereocenters. The van der Waals surface area contributed by atoms with Crippen molar-refractivity contribution >= 4 is 5.69 Å². The summed E-state index contributed by atoms with van der Waals surface area (Å²) in [6.07, 6.45) is 1.75. The lowest BCUT2D eigenvalue weighted by Gasteiger charge is -1.94. The molecule has 0 fully saturated rings. The van der Waals surface area contributed by atoms with Gasteiger partial charge < -0.3 is 5.73 Å². The highest BCUT2D eigenvalue weighted by Crippen LogP contribution is 2.05. The van der Waals surface area contributed by atoms with E-state index in [2.05, 4.69) is 18.8 Å². The largest absolute Gasteiger partial charge is 0.399 e. The maximum Gasteiger partial charge on any atom is 0.0340 e. The molecule has 0 bridgehead atoms. The molecule has 0 heterocycles. The van der Waals surface area contributed by atoms with Crippen LogP contribution in [-0.2, 0) is 6.42 Å². The third-order valence-corrected chi connectivity index (χ3v) is 1.57. The summed E-state index contributed by atoms with van der Waals surface area (Å²) in [4.78, 5) is 0. The van der Waals surface area contributed by atoms with Crippen LogP contribution in [0.25, 0.3) is 0 Å². The van der Waals surface area contributed by atoms with Crippen LogP contribution in [0.1, 0.15) is 18.9 Å². The van der Waals surface area contributed by atoms with E-state index in [4.69, 9.17) is 5.73 Å². The van der Waals surface area contributed by atoms with Gasteiger partial charge in [-0.1, -0.05) is 25.0 Å². The van der Waals surface area contributed by atoms with Gasteiger partial charge in [-0.05, 0) is 17.7 Å². The van der Waals surface area contributed by atoms with Crippen molar-refractivity contribution in [3.8, 4) is 11.8 Å². The van der Waals surface area contributed by atoms with E-state index < -0.39 is 0 Å². The molecule has 0 amide bonds. The van der Waals surface area contributed by atoms with Crippen LogP contribution >= 0.6 is 0 Å². The van der Waals surface area contributed by atoms with E-state index in [0.29, 0.717) is 0 Å². The number of nitrogens with two attached hydrogens (primary N) is 1. The molecule has 1 aromatic carbocycles. The minimum absolute atomic E-state index is 0.808. The normalized spacial score (nSPS) is 8.75. The van der Waals surface area contributed by atoms with E-state index in [1.54, 1.807) is 0 Å². The van der Waals surface area contributed by atoms with Crippen LogP contribution in [0, 0.1) is 11.8 Å². The van der Waals surface area contributed by atoms with Crippen molar-refractivity contribution in [3.63, 3.8) is 0 Å². The molecule has 1 rings (SSSR count). The molecule has 0 aliphatic heterocycles. The predicted octanol–water partition coefficient (Wildman–Crippen LogP) is 2.22. The van der Waals surface area contributed by atoms with Gasteiger partial charge in [0.25, 0.3) is 0 Å². The fraction of sp³-hybridized carbons (Fsp3) is 0.273. The van der Waals surface area contributed by atoms with Crippen LogP contribution in [0.15, 0.2) is 24.3 Å². The summed E-state index contributed by atoms with van der Waals surface area (Å²) in [5.41, 5.74) is 7.58. The van der Waals surface area contributed by atoms with Gasteiger partial charge in [0, 0.05) is 18.5 Å². The lowest BCUT2D eigenvalue weighted by molar-refractivity contribution is 1.25. The Morgan fingerprint density at radius 2 is 1.83 bits per heavy atom. The molecule has 0 saturated heterocycles. The molecule has 0 aliphatic rings. The third-order valence-electron chi connectivity index (χ3n) is 1.57. The smallest absolute Gasteiger partial charge is 0.0340 e. The van der Waals surface area contributed by atoms with Crippen molar-refractivity contribution in [3.05, 3.63) is 29.8 Å². The Hall–Kier alpha value is -1.42. The first-order chi connectivity index (χ1) is 5.83. The number of hydrogen-bond acceptors (Lipinski definition) is 1. The van der Waals surface area contributed by atoms with Gasteiger partial charge in [0.15, 0.2) is 0 Å². The summed E-state index contributed by atoms with van der Waals surface area (Å²) < 4.78 is 0. The fourth-order valence-electron chi connectivity index (χ4n) is 0.925. The lowest BCUT2D eigenvalue weighted by atomic mass is 10.1. The van der Waals surface area contributed by atoms with Crippen LogP contribution in [0.5, 0.6) is 0 Å². The monoisotopic (exact) mass is 159 g/mol. The van der Waals surface area contributed by atoms with Gasteiger partial charge in [0.1, 0.15) is 0 Å². The summed E-state index contributed by atoms with van der Waals surface area (Å²) >= 11 is 0. The van der Waals surface area contributed by atoms with Crippen LogP contribution in [0.3, 0.4) is 0 Å². The number of rotatable bonds is 1. The van der Waals surface area contributed by atoms with Gasteiger partial charge in [-0.25, -0.2) is 0 Å². The topological polar surface area (TPSA) is 26.0 Å². The minimum Gasteiger partial charge on any atom is -0.399 e. The number of nitrogen functional groups attached to an aromatic ring is 1. The highest BCUT2D eigenvalue weighted by atomic mass is 14.5. The summed E-state index contributed by atoms with van der Waals surface area (Å²) in [5.74, 6) is 6.11. The van der Waals surface area contributed by atoms with Crippen molar-refractivity contribution in [2.75, 3.05) is 5.73 Å². The number of benzene rings is 1. The summed E-state index contributed by atoms with van der Waals surface area (Å²) in [7, 11) is 0. The summed E-state index contributed by atoms with van der Waals surface area (Å²) in [6.45, 7) is 2.05. The summed E-state index contributed by atoms with van der Waals surface area (Å²) in [6, 6.07) is 7.84. The first kappa shape index (κ1) is 8.67. The molecule has 62 valence electrons. The van der Waals surface area contributed by atoms with Crippen molar-refractivity contribution in [2.24, 2.45) is 0 Å². The van der Waals surface area contributed by atoms with E-state index in [0.717, 1.165) is 18.5 Å². The van der Waals surface area contributed by atoms with Crippen LogP contribution in [0.2, 0.25) is 0 Å². The molecule has 0 aliphatic carbocycles. The molecule has 0 radical (unpaired) electrons. The van der Waals surface area contributed by atoms with Gasteiger partial charge in [0.2, 0.25) is 0 Å². The van der Waals surface area contributed by atoms with E-state index in [1.807, 2.05) is 24.3 Å². The van der Waals surface area contributed by atoms with Gasteiger partial charge in [0.05, 0.1) is 0 Å². The van der Waals surface area contributed by atoms with E-state index in [-0.39, 0.29) is 0 Å². The fourth-order valence-corrected chi connectivity index (χ4v) is 0.925. The lowest BCUT2D eigenvalue weighted by Crippen LogP contribution is -1.85. The zero-order valence-electron chi connectivity index (χ0n) is 7.30. The number of hydrogen-bond donors (Lipinski definition) is 1. The molecule has 0 aromatic heterocycles. The third kappa shape index (κ3) is 2.67. The standard InChI is InChI=1S/C11H13N/c1-2-3-4-5-10-6-8-11(12)9-7-10/h6-9H,2,5,12H2,1H3. The average molecular weight is 159 g/mol. The van der Waals surface area contributed by atoms with Crippen molar-refractivity contribution < 1.29 is 0 Å². The van der Waals surface area contributed by atoms with Gasteiger partial charge >= 0.3 is 0 Å².